The second-order valence-electron chi connectivity index (χ2n) is 4.29. The highest BCUT2D eigenvalue weighted by Crippen LogP contribution is 2.27. The Morgan fingerprint density at radius 2 is 1.85 bits per heavy atom. The standard InChI is InChI=1S/C15H15Cl2NOS/c1-20-12-5-3-11(4-6-12)18-9-15(19)13-8-10(16)2-7-14(13)17/h2-8,15,18-19H,9H2,1H3. The Bertz CT molecular complexity index is 575. The van der Waals surface area contributed by atoms with Crippen LogP contribution in [-0.2, 0) is 0 Å². The van der Waals surface area contributed by atoms with Gasteiger partial charge in [-0.05, 0) is 48.7 Å². The number of hydrogen-bond acceptors (Lipinski definition) is 3. The number of benzene rings is 2. The lowest BCUT2D eigenvalue weighted by Crippen LogP contribution is -2.12. The van der Waals surface area contributed by atoms with Crippen molar-refractivity contribution in [3.05, 3.63) is 58.1 Å². The molecular formula is C15H15Cl2NOS. The minimum Gasteiger partial charge on any atom is -0.387 e. The Kier molecular flexibility index (Phi) is 5.61. The van der Waals surface area contributed by atoms with E-state index in [0.717, 1.165) is 5.69 Å². The third-order valence-electron chi connectivity index (χ3n) is 2.91. The number of aliphatic hydroxyl groups is 1. The third-order valence-corrected chi connectivity index (χ3v) is 4.23. The number of halogens is 2. The predicted molar refractivity (Wildman–Crippen MR) is 88.1 cm³/mol. The van der Waals surface area contributed by atoms with Gasteiger partial charge in [0.25, 0.3) is 0 Å². The Balaban J connectivity index is 2.00. The van der Waals surface area contributed by atoms with E-state index in [0.29, 0.717) is 22.2 Å². The highest BCUT2D eigenvalue weighted by Gasteiger charge is 2.12. The second-order valence-corrected chi connectivity index (χ2v) is 6.01. The Labute approximate surface area is 133 Å². The van der Waals surface area contributed by atoms with Gasteiger partial charge >= 0.3 is 0 Å². The molecule has 2 aromatic rings. The van der Waals surface area contributed by atoms with Crippen LogP contribution >= 0.6 is 35.0 Å². The number of rotatable bonds is 5. The Morgan fingerprint density at radius 1 is 1.15 bits per heavy atom. The summed E-state index contributed by atoms with van der Waals surface area (Å²) in [5.74, 6) is 0. The lowest BCUT2D eigenvalue weighted by atomic mass is 10.1. The van der Waals surface area contributed by atoms with Gasteiger partial charge in [-0.25, -0.2) is 0 Å². The number of hydrogen-bond donors (Lipinski definition) is 2. The molecule has 0 aromatic heterocycles. The summed E-state index contributed by atoms with van der Waals surface area (Å²) in [6, 6.07) is 13.1. The molecule has 2 nitrogen and oxygen atoms in total. The van der Waals surface area contributed by atoms with Gasteiger partial charge in [-0.15, -0.1) is 11.8 Å². The molecule has 1 unspecified atom stereocenters. The molecular weight excluding hydrogens is 313 g/mol. The second kappa shape index (κ2) is 7.23. The average Bonchev–Trinajstić information content (AvgIpc) is 2.47. The van der Waals surface area contributed by atoms with Crippen molar-refractivity contribution in [3.63, 3.8) is 0 Å². The SMILES string of the molecule is CSc1ccc(NCC(O)c2cc(Cl)ccc2Cl)cc1. The van der Waals surface area contributed by atoms with Crippen LogP contribution in [0.4, 0.5) is 5.69 Å². The van der Waals surface area contributed by atoms with Gasteiger partial charge in [0, 0.05) is 32.7 Å². The van der Waals surface area contributed by atoms with E-state index in [9.17, 15) is 5.11 Å². The average molecular weight is 328 g/mol. The van der Waals surface area contributed by atoms with E-state index in [4.69, 9.17) is 23.2 Å². The molecule has 106 valence electrons. The summed E-state index contributed by atoms with van der Waals surface area (Å²) >= 11 is 13.7. The smallest absolute Gasteiger partial charge is 0.0977 e. The fraction of sp³-hybridized carbons (Fsp3) is 0.200. The molecule has 0 spiro atoms. The summed E-state index contributed by atoms with van der Waals surface area (Å²) in [6.07, 6.45) is 1.33. The number of thioether (sulfide) groups is 1. The fourth-order valence-corrected chi connectivity index (χ4v) is 2.64. The first-order valence-corrected chi connectivity index (χ1v) is 8.09. The number of aliphatic hydroxyl groups excluding tert-OH is 1. The monoisotopic (exact) mass is 327 g/mol. The van der Waals surface area contributed by atoms with E-state index in [1.807, 2.05) is 30.5 Å². The summed E-state index contributed by atoms with van der Waals surface area (Å²) in [5.41, 5.74) is 1.59. The summed E-state index contributed by atoms with van der Waals surface area (Å²) in [7, 11) is 0. The summed E-state index contributed by atoms with van der Waals surface area (Å²) in [5, 5.41) is 14.4. The fourth-order valence-electron chi connectivity index (χ4n) is 1.80. The van der Waals surface area contributed by atoms with Crippen LogP contribution in [0.3, 0.4) is 0 Å². The van der Waals surface area contributed by atoms with Crippen molar-refractivity contribution in [1.82, 2.24) is 0 Å². The molecule has 0 aliphatic heterocycles. The minimum absolute atomic E-state index is 0.374. The van der Waals surface area contributed by atoms with E-state index < -0.39 is 6.10 Å². The van der Waals surface area contributed by atoms with E-state index in [1.54, 1.807) is 30.0 Å². The zero-order valence-corrected chi connectivity index (χ0v) is 13.3. The third kappa shape index (κ3) is 4.06. The quantitative estimate of drug-likeness (QED) is 0.769. The Morgan fingerprint density at radius 3 is 2.50 bits per heavy atom. The highest BCUT2D eigenvalue weighted by molar-refractivity contribution is 7.98. The Hall–Kier alpha value is -0.870. The number of nitrogens with one attached hydrogen (secondary N) is 1. The van der Waals surface area contributed by atoms with E-state index in [2.05, 4.69) is 5.32 Å². The van der Waals surface area contributed by atoms with Gasteiger partial charge in [-0.2, -0.15) is 0 Å². The van der Waals surface area contributed by atoms with E-state index in [-0.39, 0.29) is 0 Å². The van der Waals surface area contributed by atoms with Crippen molar-refractivity contribution in [1.29, 1.82) is 0 Å². The summed E-state index contributed by atoms with van der Waals surface area (Å²) < 4.78 is 0. The molecule has 0 radical (unpaired) electrons. The van der Waals surface area contributed by atoms with Gasteiger partial charge in [0.05, 0.1) is 6.10 Å². The van der Waals surface area contributed by atoms with E-state index >= 15 is 0 Å². The van der Waals surface area contributed by atoms with Crippen molar-refractivity contribution < 1.29 is 5.11 Å². The molecule has 0 amide bonds. The van der Waals surface area contributed by atoms with Crippen molar-refractivity contribution >= 4 is 40.7 Å². The van der Waals surface area contributed by atoms with Crippen LogP contribution in [0.2, 0.25) is 10.0 Å². The first-order chi connectivity index (χ1) is 9.60. The van der Waals surface area contributed by atoms with Gasteiger partial charge < -0.3 is 10.4 Å². The van der Waals surface area contributed by atoms with Gasteiger partial charge in [0.2, 0.25) is 0 Å². The van der Waals surface area contributed by atoms with Gasteiger partial charge in [0.1, 0.15) is 0 Å². The van der Waals surface area contributed by atoms with Crippen LogP contribution in [-0.4, -0.2) is 17.9 Å². The van der Waals surface area contributed by atoms with Crippen LogP contribution in [0.1, 0.15) is 11.7 Å². The molecule has 5 heteroatoms. The molecule has 0 aliphatic carbocycles. The topological polar surface area (TPSA) is 32.3 Å². The van der Waals surface area contributed by atoms with Crippen LogP contribution < -0.4 is 5.32 Å². The first-order valence-electron chi connectivity index (χ1n) is 6.11. The van der Waals surface area contributed by atoms with Gasteiger partial charge in [0.15, 0.2) is 0 Å². The molecule has 0 saturated heterocycles. The van der Waals surface area contributed by atoms with Crippen LogP contribution in [0.25, 0.3) is 0 Å². The van der Waals surface area contributed by atoms with Crippen molar-refractivity contribution in [2.45, 2.75) is 11.0 Å². The van der Waals surface area contributed by atoms with Gasteiger partial charge in [-0.1, -0.05) is 23.2 Å². The maximum atomic E-state index is 10.2. The van der Waals surface area contributed by atoms with Crippen molar-refractivity contribution in [2.24, 2.45) is 0 Å². The van der Waals surface area contributed by atoms with E-state index in [1.165, 1.54) is 4.90 Å². The highest BCUT2D eigenvalue weighted by atomic mass is 35.5. The molecule has 1 atom stereocenters. The maximum absolute atomic E-state index is 10.2. The summed E-state index contributed by atoms with van der Waals surface area (Å²) in [4.78, 5) is 1.20. The van der Waals surface area contributed by atoms with Crippen molar-refractivity contribution in [3.8, 4) is 0 Å². The lowest BCUT2D eigenvalue weighted by molar-refractivity contribution is 0.192. The molecule has 2 N–H and O–H groups in total. The lowest BCUT2D eigenvalue weighted by Gasteiger charge is -2.15. The van der Waals surface area contributed by atoms with Crippen molar-refractivity contribution in [2.75, 3.05) is 18.1 Å². The van der Waals surface area contributed by atoms with Gasteiger partial charge in [-0.3, -0.25) is 0 Å². The zero-order valence-electron chi connectivity index (χ0n) is 10.9. The molecule has 0 bridgehead atoms. The zero-order chi connectivity index (χ0) is 14.5. The molecule has 2 rings (SSSR count). The van der Waals surface area contributed by atoms with Crippen LogP contribution in [0, 0.1) is 0 Å². The largest absolute Gasteiger partial charge is 0.387 e. The normalized spacial score (nSPS) is 12.2. The molecule has 0 saturated carbocycles. The van der Waals surface area contributed by atoms with Crippen LogP contribution in [0.15, 0.2) is 47.4 Å². The molecule has 0 aliphatic rings. The molecule has 0 fully saturated rings. The van der Waals surface area contributed by atoms with Crippen LogP contribution in [0.5, 0.6) is 0 Å². The maximum Gasteiger partial charge on any atom is 0.0977 e. The minimum atomic E-state index is -0.707. The molecule has 20 heavy (non-hydrogen) atoms. The predicted octanol–water partition coefficient (Wildman–Crippen LogP) is 4.86. The first kappa shape index (κ1) is 15.5. The summed E-state index contributed by atoms with van der Waals surface area (Å²) in [6.45, 7) is 0.374. The number of anilines is 1. The molecule has 0 heterocycles. The molecule has 2 aromatic carbocycles.